The zero-order chi connectivity index (χ0) is 23.5. The first-order valence-corrected chi connectivity index (χ1v) is 12.0. The summed E-state index contributed by atoms with van der Waals surface area (Å²) < 4.78 is 5.61. The Labute approximate surface area is 198 Å². The van der Waals surface area contributed by atoms with E-state index in [4.69, 9.17) is 4.74 Å². The van der Waals surface area contributed by atoms with Gasteiger partial charge < -0.3 is 20.1 Å². The Morgan fingerprint density at radius 2 is 1.59 bits per heavy atom. The van der Waals surface area contributed by atoms with E-state index in [2.05, 4.69) is 29.6 Å². The first-order chi connectivity index (χ1) is 16.4. The van der Waals surface area contributed by atoms with Crippen molar-refractivity contribution in [2.45, 2.75) is 31.6 Å². The summed E-state index contributed by atoms with van der Waals surface area (Å²) in [5.74, 6) is -1.32. The van der Waals surface area contributed by atoms with Crippen LogP contribution in [0.25, 0.3) is 11.1 Å². The largest absolute Gasteiger partial charge is 0.481 e. The second-order valence-corrected chi connectivity index (χ2v) is 10.4. The third kappa shape index (κ3) is 3.37. The smallest absolute Gasteiger partial charge is 0.407 e. The van der Waals surface area contributed by atoms with Crippen LogP contribution in [0, 0.1) is 16.7 Å². The van der Waals surface area contributed by atoms with Crippen LogP contribution in [0.5, 0.6) is 0 Å². The standard InChI is InChI=1S/C27H28N2O5/c30-23(31)22-13-29(16-27(22)11-12-27)24(32)26(9-10-26)15-28-25(33)34-14-21-19-7-3-1-5-17(19)18-6-2-4-8-20(18)21/h1-8,21-22H,9-16H2,(H,28,33)(H,30,31). The second-order valence-electron chi connectivity index (χ2n) is 10.4. The van der Waals surface area contributed by atoms with E-state index in [0.717, 1.165) is 24.0 Å². The highest BCUT2D eigenvalue weighted by Crippen LogP contribution is 2.58. The molecule has 1 unspecified atom stereocenters. The molecule has 3 fully saturated rings. The van der Waals surface area contributed by atoms with Crippen molar-refractivity contribution in [3.63, 3.8) is 0 Å². The lowest BCUT2D eigenvalue weighted by Gasteiger charge is -2.23. The van der Waals surface area contributed by atoms with E-state index in [0.29, 0.717) is 19.4 Å². The van der Waals surface area contributed by atoms with Crippen molar-refractivity contribution in [3.8, 4) is 11.1 Å². The normalized spacial score (nSPS) is 22.7. The maximum Gasteiger partial charge on any atom is 0.407 e. The number of alkyl carbamates (subject to hydrolysis) is 1. The van der Waals surface area contributed by atoms with E-state index in [1.54, 1.807) is 4.90 Å². The Morgan fingerprint density at radius 3 is 2.12 bits per heavy atom. The third-order valence-corrected chi connectivity index (χ3v) is 8.35. The molecular weight excluding hydrogens is 432 g/mol. The van der Waals surface area contributed by atoms with Gasteiger partial charge in [0.15, 0.2) is 0 Å². The van der Waals surface area contributed by atoms with Crippen LogP contribution in [0.2, 0.25) is 0 Å². The molecule has 0 aromatic heterocycles. The van der Waals surface area contributed by atoms with Crippen molar-refractivity contribution in [3.05, 3.63) is 59.7 Å². The van der Waals surface area contributed by atoms with Gasteiger partial charge >= 0.3 is 12.1 Å². The van der Waals surface area contributed by atoms with E-state index in [1.165, 1.54) is 11.1 Å². The van der Waals surface area contributed by atoms with Crippen LogP contribution in [0.3, 0.4) is 0 Å². The molecule has 176 valence electrons. The number of carbonyl (C=O) groups excluding carboxylic acids is 2. The number of likely N-dealkylation sites (tertiary alicyclic amines) is 1. The number of hydrogen-bond donors (Lipinski definition) is 2. The molecule has 2 amide bonds. The predicted molar refractivity (Wildman–Crippen MR) is 124 cm³/mol. The zero-order valence-electron chi connectivity index (χ0n) is 19.0. The number of carboxylic acids is 1. The highest BCUT2D eigenvalue weighted by Gasteiger charge is 2.62. The maximum absolute atomic E-state index is 13.2. The summed E-state index contributed by atoms with van der Waals surface area (Å²) in [5, 5.41) is 12.4. The van der Waals surface area contributed by atoms with Crippen LogP contribution in [0.4, 0.5) is 4.79 Å². The number of carbonyl (C=O) groups is 3. The molecule has 2 N–H and O–H groups in total. The van der Waals surface area contributed by atoms with Gasteiger partial charge in [-0.3, -0.25) is 9.59 Å². The van der Waals surface area contributed by atoms with E-state index in [-0.39, 0.29) is 36.9 Å². The highest BCUT2D eigenvalue weighted by atomic mass is 16.5. The number of nitrogens with one attached hydrogen (secondary N) is 1. The minimum absolute atomic E-state index is 0.0121. The Morgan fingerprint density at radius 1 is 0.971 bits per heavy atom. The minimum atomic E-state index is -0.811. The fourth-order valence-corrected chi connectivity index (χ4v) is 5.97. The molecule has 1 spiro atoms. The molecule has 34 heavy (non-hydrogen) atoms. The van der Waals surface area contributed by atoms with Gasteiger partial charge in [0, 0.05) is 31.0 Å². The summed E-state index contributed by atoms with van der Waals surface area (Å²) in [7, 11) is 0. The third-order valence-electron chi connectivity index (χ3n) is 8.35. The van der Waals surface area contributed by atoms with Gasteiger partial charge in [0.25, 0.3) is 0 Å². The van der Waals surface area contributed by atoms with Gasteiger partial charge in [0.2, 0.25) is 5.91 Å². The molecule has 1 heterocycles. The van der Waals surface area contributed by atoms with Crippen LogP contribution in [0.15, 0.2) is 48.5 Å². The van der Waals surface area contributed by atoms with Crippen molar-refractivity contribution in [1.29, 1.82) is 0 Å². The highest BCUT2D eigenvalue weighted by molar-refractivity contribution is 5.88. The van der Waals surface area contributed by atoms with Gasteiger partial charge in [-0.15, -0.1) is 0 Å². The van der Waals surface area contributed by atoms with E-state index in [1.807, 2.05) is 24.3 Å². The Balaban J connectivity index is 1.06. The van der Waals surface area contributed by atoms with Gasteiger partial charge in [-0.1, -0.05) is 48.5 Å². The summed E-state index contributed by atoms with van der Waals surface area (Å²) in [6.45, 7) is 1.26. The fourth-order valence-electron chi connectivity index (χ4n) is 5.97. The van der Waals surface area contributed by atoms with E-state index >= 15 is 0 Å². The van der Waals surface area contributed by atoms with Gasteiger partial charge in [-0.2, -0.15) is 0 Å². The van der Waals surface area contributed by atoms with Crippen LogP contribution in [-0.2, 0) is 14.3 Å². The topological polar surface area (TPSA) is 95.9 Å². The molecule has 7 heteroatoms. The minimum Gasteiger partial charge on any atom is -0.481 e. The van der Waals surface area contributed by atoms with Crippen molar-refractivity contribution >= 4 is 18.0 Å². The van der Waals surface area contributed by atoms with Gasteiger partial charge in [-0.25, -0.2) is 4.79 Å². The number of rotatable bonds is 6. The number of amides is 2. The van der Waals surface area contributed by atoms with Crippen molar-refractivity contribution < 1.29 is 24.2 Å². The molecule has 6 rings (SSSR count). The molecule has 2 aromatic carbocycles. The average molecular weight is 461 g/mol. The Kier molecular flexibility index (Phi) is 4.73. The molecule has 0 bridgehead atoms. The SMILES string of the molecule is O=C(NCC1(C(=O)N2CC(C(=O)O)C3(CC3)C2)CC1)OCC1c2ccccc2-c2ccccc21. The van der Waals surface area contributed by atoms with Gasteiger partial charge in [0.05, 0.1) is 11.3 Å². The quantitative estimate of drug-likeness (QED) is 0.686. The first-order valence-electron chi connectivity index (χ1n) is 12.0. The summed E-state index contributed by atoms with van der Waals surface area (Å²) in [6, 6.07) is 16.4. The van der Waals surface area contributed by atoms with Crippen molar-refractivity contribution in [2.24, 2.45) is 16.7 Å². The number of carboxylic acid groups (broad SMARTS) is 1. The molecule has 0 radical (unpaired) electrons. The fraction of sp³-hybridized carbons (Fsp3) is 0.444. The number of benzene rings is 2. The van der Waals surface area contributed by atoms with Crippen molar-refractivity contribution in [2.75, 3.05) is 26.2 Å². The lowest BCUT2D eigenvalue weighted by Crippen LogP contribution is -2.42. The molecule has 1 saturated heterocycles. The number of nitrogens with zero attached hydrogens (tertiary/aromatic N) is 1. The zero-order valence-corrected chi connectivity index (χ0v) is 19.0. The van der Waals surface area contributed by atoms with Gasteiger partial charge in [0.1, 0.15) is 6.61 Å². The van der Waals surface area contributed by atoms with E-state index < -0.39 is 23.4 Å². The van der Waals surface area contributed by atoms with Crippen LogP contribution >= 0.6 is 0 Å². The predicted octanol–water partition coefficient (Wildman–Crippen LogP) is 3.63. The number of fused-ring (bicyclic) bond motifs is 3. The number of ether oxygens (including phenoxy) is 1. The maximum atomic E-state index is 13.2. The molecule has 1 atom stereocenters. The van der Waals surface area contributed by atoms with Crippen LogP contribution < -0.4 is 5.32 Å². The van der Waals surface area contributed by atoms with Crippen LogP contribution in [-0.4, -0.2) is 54.2 Å². The summed E-state index contributed by atoms with van der Waals surface area (Å²) in [6.07, 6.45) is 2.63. The molecular formula is C27H28N2O5. The summed E-state index contributed by atoms with van der Waals surface area (Å²) in [5.41, 5.74) is 3.82. The molecule has 2 aromatic rings. The average Bonchev–Trinajstić information content (AvgIpc) is 3.73. The summed E-state index contributed by atoms with van der Waals surface area (Å²) in [4.78, 5) is 39.1. The number of aliphatic carboxylic acids is 1. The number of hydrogen-bond acceptors (Lipinski definition) is 4. The molecule has 4 aliphatic rings. The molecule has 2 saturated carbocycles. The molecule has 1 aliphatic heterocycles. The molecule has 3 aliphatic carbocycles. The lowest BCUT2D eigenvalue weighted by molar-refractivity contribution is -0.143. The summed E-state index contributed by atoms with van der Waals surface area (Å²) >= 11 is 0. The molecule has 7 nitrogen and oxygen atoms in total. The first kappa shape index (κ1) is 21.2. The van der Waals surface area contributed by atoms with E-state index in [9.17, 15) is 19.5 Å². The van der Waals surface area contributed by atoms with Gasteiger partial charge in [-0.05, 0) is 47.9 Å². The van der Waals surface area contributed by atoms with Crippen molar-refractivity contribution in [1.82, 2.24) is 10.2 Å². The lowest BCUT2D eigenvalue weighted by atomic mass is 9.93. The van der Waals surface area contributed by atoms with Crippen LogP contribution in [0.1, 0.15) is 42.7 Å². The Hall–Kier alpha value is -3.35. The monoisotopic (exact) mass is 460 g/mol. The Bertz CT molecular complexity index is 1140. The second kappa shape index (κ2) is 7.58.